The first-order valence-electron chi connectivity index (χ1n) is 9.95. The predicted molar refractivity (Wildman–Crippen MR) is 126 cm³/mol. The summed E-state index contributed by atoms with van der Waals surface area (Å²) < 4.78 is 1.58. The molecule has 1 amide bonds. The van der Waals surface area contributed by atoms with E-state index in [-0.39, 0.29) is 11.5 Å². The van der Waals surface area contributed by atoms with Crippen LogP contribution in [-0.2, 0) is 6.54 Å². The molecule has 0 radical (unpaired) electrons. The molecule has 4 rings (SSSR count). The molecule has 0 saturated carbocycles. The quantitative estimate of drug-likeness (QED) is 0.432. The van der Waals surface area contributed by atoms with Gasteiger partial charge in [-0.1, -0.05) is 24.3 Å². The normalized spacial score (nSPS) is 10.9. The SMILES string of the molecule is CSc1ccc(CN(C)C(=O)c2ccc(-n3c(C)nc4ccccc4c3=O)cc2)cc1. The molecule has 0 atom stereocenters. The number of thioether (sulfide) groups is 1. The predicted octanol–water partition coefficient (Wildman–Crippen LogP) is 4.69. The lowest BCUT2D eigenvalue weighted by molar-refractivity contribution is 0.0785. The highest BCUT2D eigenvalue weighted by molar-refractivity contribution is 7.98. The minimum absolute atomic E-state index is 0.0683. The van der Waals surface area contributed by atoms with Gasteiger partial charge in [0.15, 0.2) is 0 Å². The summed E-state index contributed by atoms with van der Waals surface area (Å²) in [4.78, 5) is 33.3. The van der Waals surface area contributed by atoms with E-state index in [0.29, 0.717) is 34.5 Å². The van der Waals surface area contributed by atoms with Gasteiger partial charge in [-0.05, 0) is 67.3 Å². The molecule has 1 aromatic heterocycles. The summed E-state index contributed by atoms with van der Waals surface area (Å²) in [5, 5.41) is 0.570. The molecule has 156 valence electrons. The first-order chi connectivity index (χ1) is 15.0. The van der Waals surface area contributed by atoms with Crippen LogP contribution in [0.15, 0.2) is 82.5 Å². The second-order valence-electron chi connectivity index (χ2n) is 7.37. The molecule has 0 aliphatic rings. The highest BCUT2D eigenvalue weighted by atomic mass is 32.2. The average molecular weight is 430 g/mol. The van der Waals surface area contributed by atoms with Crippen LogP contribution in [-0.4, -0.2) is 33.7 Å². The smallest absolute Gasteiger partial charge is 0.265 e. The molecular formula is C25H23N3O2S. The van der Waals surface area contributed by atoms with E-state index in [2.05, 4.69) is 17.1 Å². The van der Waals surface area contributed by atoms with Crippen LogP contribution >= 0.6 is 11.8 Å². The Labute approximate surface area is 185 Å². The highest BCUT2D eigenvalue weighted by Crippen LogP contribution is 2.17. The van der Waals surface area contributed by atoms with Gasteiger partial charge in [-0.25, -0.2) is 4.98 Å². The van der Waals surface area contributed by atoms with Crippen LogP contribution in [0.5, 0.6) is 0 Å². The maximum atomic E-state index is 13.0. The first kappa shape index (κ1) is 20.9. The van der Waals surface area contributed by atoms with Crippen molar-refractivity contribution in [3.63, 3.8) is 0 Å². The molecule has 0 bridgehead atoms. The Morgan fingerprint density at radius 3 is 2.35 bits per heavy atom. The van der Waals surface area contributed by atoms with Crippen LogP contribution in [0.25, 0.3) is 16.6 Å². The topological polar surface area (TPSA) is 55.2 Å². The van der Waals surface area contributed by atoms with Crippen molar-refractivity contribution in [2.24, 2.45) is 0 Å². The fraction of sp³-hybridized carbons (Fsp3) is 0.160. The summed E-state index contributed by atoms with van der Waals surface area (Å²) in [7, 11) is 1.79. The van der Waals surface area contributed by atoms with Crippen LogP contribution in [0.3, 0.4) is 0 Å². The van der Waals surface area contributed by atoms with Crippen molar-refractivity contribution in [2.45, 2.75) is 18.4 Å². The lowest BCUT2D eigenvalue weighted by atomic mass is 10.1. The Bertz CT molecular complexity index is 1300. The molecule has 5 nitrogen and oxygen atoms in total. The van der Waals surface area contributed by atoms with E-state index in [1.54, 1.807) is 58.6 Å². The van der Waals surface area contributed by atoms with Gasteiger partial charge in [0, 0.05) is 24.1 Å². The van der Waals surface area contributed by atoms with E-state index in [0.717, 1.165) is 5.56 Å². The fourth-order valence-electron chi connectivity index (χ4n) is 3.60. The molecule has 4 aromatic rings. The third kappa shape index (κ3) is 4.25. The summed E-state index contributed by atoms with van der Waals surface area (Å²) in [5.74, 6) is 0.537. The Balaban J connectivity index is 1.57. The number of carbonyl (C=O) groups is 1. The molecular weight excluding hydrogens is 406 g/mol. The molecule has 6 heteroatoms. The molecule has 1 heterocycles. The minimum atomic E-state index is -0.118. The van der Waals surface area contributed by atoms with Gasteiger partial charge in [0.25, 0.3) is 11.5 Å². The second-order valence-corrected chi connectivity index (χ2v) is 8.25. The molecule has 0 aliphatic heterocycles. The van der Waals surface area contributed by atoms with E-state index in [9.17, 15) is 9.59 Å². The van der Waals surface area contributed by atoms with Gasteiger partial charge < -0.3 is 4.90 Å². The van der Waals surface area contributed by atoms with Gasteiger partial charge in [0.2, 0.25) is 0 Å². The van der Waals surface area contributed by atoms with E-state index in [1.807, 2.05) is 43.5 Å². The lowest BCUT2D eigenvalue weighted by Gasteiger charge is -2.18. The van der Waals surface area contributed by atoms with Crippen molar-refractivity contribution in [3.8, 4) is 5.69 Å². The Hall–Kier alpha value is -3.38. The van der Waals surface area contributed by atoms with Gasteiger partial charge >= 0.3 is 0 Å². The molecule has 0 spiro atoms. The molecule has 0 saturated heterocycles. The number of hydrogen-bond acceptors (Lipinski definition) is 4. The maximum Gasteiger partial charge on any atom is 0.265 e. The Morgan fingerprint density at radius 1 is 1.00 bits per heavy atom. The van der Waals surface area contributed by atoms with Gasteiger partial charge in [-0.3, -0.25) is 14.2 Å². The third-order valence-electron chi connectivity index (χ3n) is 5.24. The molecule has 0 N–H and O–H groups in total. The van der Waals surface area contributed by atoms with Crippen molar-refractivity contribution in [1.82, 2.24) is 14.5 Å². The average Bonchev–Trinajstić information content (AvgIpc) is 2.79. The molecule has 3 aromatic carbocycles. The highest BCUT2D eigenvalue weighted by Gasteiger charge is 2.14. The number of rotatable bonds is 5. The van der Waals surface area contributed by atoms with E-state index in [4.69, 9.17) is 0 Å². The van der Waals surface area contributed by atoms with Gasteiger partial charge in [-0.15, -0.1) is 11.8 Å². The van der Waals surface area contributed by atoms with Crippen molar-refractivity contribution < 1.29 is 4.79 Å². The van der Waals surface area contributed by atoms with Crippen LogP contribution in [0, 0.1) is 6.92 Å². The standard InChI is InChI=1S/C25H23N3O2S/c1-17-26-23-7-5-4-6-22(23)25(30)28(17)20-12-10-19(11-13-20)24(29)27(2)16-18-8-14-21(31-3)15-9-18/h4-15H,16H2,1-3H3. The number of benzene rings is 3. The molecule has 0 unspecified atom stereocenters. The Morgan fingerprint density at radius 2 is 1.68 bits per heavy atom. The zero-order valence-electron chi connectivity index (χ0n) is 17.7. The third-order valence-corrected chi connectivity index (χ3v) is 5.98. The zero-order valence-corrected chi connectivity index (χ0v) is 18.5. The second kappa shape index (κ2) is 8.78. The largest absolute Gasteiger partial charge is 0.337 e. The number of amides is 1. The number of hydrogen-bond donors (Lipinski definition) is 0. The van der Waals surface area contributed by atoms with E-state index in [1.165, 1.54) is 4.90 Å². The maximum absolute atomic E-state index is 13.0. The van der Waals surface area contributed by atoms with Crippen molar-refractivity contribution in [1.29, 1.82) is 0 Å². The summed E-state index contributed by atoms with van der Waals surface area (Å²) >= 11 is 1.69. The molecule has 31 heavy (non-hydrogen) atoms. The molecule has 0 aliphatic carbocycles. The minimum Gasteiger partial charge on any atom is -0.337 e. The van der Waals surface area contributed by atoms with Crippen molar-refractivity contribution in [3.05, 3.63) is 100 Å². The number of nitrogens with zero attached hydrogens (tertiary/aromatic N) is 3. The van der Waals surface area contributed by atoms with Crippen molar-refractivity contribution in [2.75, 3.05) is 13.3 Å². The number of fused-ring (bicyclic) bond motifs is 1. The van der Waals surface area contributed by atoms with Crippen LogP contribution < -0.4 is 5.56 Å². The number of carbonyl (C=O) groups excluding carboxylic acids is 1. The number of aromatic nitrogens is 2. The summed E-state index contributed by atoms with van der Waals surface area (Å²) in [6.45, 7) is 2.34. The van der Waals surface area contributed by atoms with Crippen molar-refractivity contribution >= 4 is 28.6 Å². The van der Waals surface area contributed by atoms with E-state index >= 15 is 0 Å². The number of aryl methyl sites for hydroxylation is 1. The summed E-state index contributed by atoms with van der Waals surface area (Å²) in [6, 6.07) is 22.6. The van der Waals surface area contributed by atoms with Crippen LogP contribution in [0.1, 0.15) is 21.7 Å². The lowest BCUT2D eigenvalue weighted by Crippen LogP contribution is -2.26. The zero-order chi connectivity index (χ0) is 22.0. The van der Waals surface area contributed by atoms with Gasteiger partial charge in [0.05, 0.1) is 16.6 Å². The van der Waals surface area contributed by atoms with Crippen LogP contribution in [0.4, 0.5) is 0 Å². The molecule has 0 fully saturated rings. The Kier molecular flexibility index (Phi) is 5.91. The summed E-state index contributed by atoms with van der Waals surface area (Å²) in [5.41, 5.74) is 2.90. The number of para-hydroxylation sites is 1. The van der Waals surface area contributed by atoms with E-state index < -0.39 is 0 Å². The van der Waals surface area contributed by atoms with Gasteiger partial charge in [0.1, 0.15) is 5.82 Å². The van der Waals surface area contributed by atoms with Gasteiger partial charge in [-0.2, -0.15) is 0 Å². The first-order valence-corrected chi connectivity index (χ1v) is 11.2. The summed E-state index contributed by atoms with van der Waals surface area (Å²) in [6.07, 6.45) is 2.04. The fourth-order valence-corrected chi connectivity index (χ4v) is 4.01. The van der Waals surface area contributed by atoms with Crippen LogP contribution in [0.2, 0.25) is 0 Å². The monoisotopic (exact) mass is 429 g/mol.